The molecule has 702 valence electrons. The zero-order valence-corrected chi connectivity index (χ0v) is 83.7. The molecule has 0 radical (unpaired) electrons. The summed E-state index contributed by atoms with van der Waals surface area (Å²) in [4.78, 5) is 7.15. The van der Waals surface area contributed by atoms with Crippen molar-refractivity contribution in [2.24, 2.45) is 0 Å². The Morgan fingerprint density at radius 3 is 0.770 bits per heavy atom. The van der Waals surface area contributed by atoms with Crippen molar-refractivity contribution < 1.29 is 0 Å². The van der Waals surface area contributed by atoms with Gasteiger partial charge in [0.15, 0.2) is 0 Å². The molecular weight excluding hydrogens is 1780 g/mol. The van der Waals surface area contributed by atoms with Crippen LogP contribution >= 0.6 is 0 Å². The van der Waals surface area contributed by atoms with E-state index < -0.39 is 0 Å². The third kappa shape index (κ3) is 15.6. The molecule has 0 heterocycles. The minimum absolute atomic E-state index is 0.185. The van der Waals surface area contributed by atoms with Crippen molar-refractivity contribution in [3.63, 3.8) is 0 Å². The first-order valence-corrected chi connectivity index (χ1v) is 51.7. The molecule has 0 spiro atoms. The van der Waals surface area contributed by atoms with Crippen LogP contribution in [0.2, 0.25) is 0 Å². The maximum atomic E-state index is 2.51. The Labute approximate surface area is 866 Å². The third-order valence-electron chi connectivity index (χ3n) is 31.7. The van der Waals surface area contributed by atoms with Crippen molar-refractivity contribution in [3.8, 4) is 100 Å². The zero-order valence-electron chi connectivity index (χ0n) is 83.7. The minimum Gasteiger partial charge on any atom is -0.310 e. The summed E-state index contributed by atoms with van der Waals surface area (Å²) in [6.45, 7) is 14.4. The van der Waals surface area contributed by atoms with Gasteiger partial charge in [0, 0.05) is 67.4 Å². The molecule has 3 heteroatoms. The second-order valence-electron chi connectivity index (χ2n) is 41.3. The average molecular weight is 1890 g/mol. The second-order valence-corrected chi connectivity index (χ2v) is 41.3. The number of rotatable bonds is 15. The molecule has 0 fully saturated rings. The van der Waals surface area contributed by atoms with Crippen molar-refractivity contribution in [1.82, 2.24) is 0 Å². The van der Waals surface area contributed by atoms with E-state index in [1.54, 1.807) is 0 Å². The third-order valence-corrected chi connectivity index (χ3v) is 31.7. The van der Waals surface area contributed by atoms with Gasteiger partial charge in [-0.1, -0.05) is 442 Å². The Morgan fingerprint density at radius 2 is 0.378 bits per heavy atom. The van der Waals surface area contributed by atoms with Gasteiger partial charge in [0.2, 0.25) is 0 Å². The first-order chi connectivity index (χ1) is 72.7. The molecule has 3 aliphatic rings. The Morgan fingerprint density at radius 1 is 0.122 bits per heavy atom. The molecule has 0 unspecified atom stereocenters. The summed E-state index contributed by atoms with van der Waals surface area (Å²) in [6.07, 6.45) is 0. The number of hydrogen-bond donors (Lipinski definition) is 0. The lowest BCUT2D eigenvalue weighted by atomic mass is 9.80. The fourth-order valence-corrected chi connectivity index (χ4v) is 24.3. The van der Waals surface area contributed by atoms with E-state index >= 15 is 0 Å². The molecule has 25 aromatic carbocycles. The quantitative estimate of drug-likeness (QED) is 0.0947. The molecule has 25 aromatic rings. The predicted molar refractivity (Wildman–Crippen MR) is 631 cm³/mol. The number of benzene rings is 25. The van der Waals surface area contributed by atoms with Gasteiger partial charge in [0.25, 0.3) is 0 Å². The summed E-state index contributed by atoms with van der Waals surface area (Å²) in [5, 5.41) is 18.1. The molecule has 0 amide bonds. The number of anilines is 9. The topological polar surface area (TPSA) is 9.72 Å². The molecule has 148 heavy (non-hydrogen) atoms. The number of nitrogens with zero attached hydrogens (tertiary/aromatic N) is 3. The normalized spacial score (nSPS) is 13.0. The SMILES string of the molecule is CC1(C)c2cc(N(c3ccccc3)c3ccc(-c4ccccc4)cc3)ccc2-c2c1cc(-c1cc3ccccc3c3ccccc13)c1ccccc21.CC1(C)c2cc(N(c3ccccc3)c3ccc(-c4ccccc4)cc3)ccc2-c2c1cc(-c1ccc3ccccc3c1)c1ccccc21.CC1(C)c2cc(N(c3ccccc3)c3ccc(-c4ccccc4)cc3)ccc2-c2c1cc(-c1cccc3ccccc13)c1ccccc21. The zero-order chi connectivity index (χ0) is 99.3. The van der Waals surface area contributed by atoms with Crippen molar-refractivity contribution in [1.29, 1.82) is 0 Å². The Kier molecular flexibility index (Phi) is 22.4. The first kappa shape index (κ1) is 89.8. The molecule has 0 atom stereocenters. The van der Waals surface area contributed by atoms with Crippen LogP contribution in [-0.2, 0) is 16.2 Å². The molecule has 0 bridgehead atoms. The predicted octanol–water partition coefficient (Wildman–Crippen LogP) is 40.5. The first-order valence-electron chi connectivity index (χ1n) is 51.7. The highest BCUT2D eigenvalue weighted by Gasteiger charge is 2.42. The molecule has 3 aliphatic carbocycles. The van der Waals surface area contributed by atoms with Gasteiger partial charge in [-0.05, 0) is 348 Å². The van der Waals surface area contributed by atoms with E-state index in [0.29, 0.717) is 0 Å². The number of para-hydroxylation sites is 3. The van der Waals surface area contributed by atoms with E-state index in [2.05, 4.69) is 596 Å². The smallest absolute Gasteiger partial charge is 0.0465 e. The fraction of sp³-hybridized carbons (Fsp3) is 0.0621. The number of fused-ring (bicyclic) bond motifs is 20. The van der Waals surface area contributed by atoms with Crippen LogP contribution in [0, 0.1) is 0 Å². The largest absolute Gasteiger partial charge is 0.310 e. The molecule has 0 saturated carbocycles. The van der Waals surface area contributed by atoms with Crippen molar-refractivity contribution in [2.75, 3.05) is 14.7 Å². The summed E-state index contributed by atoms with van der Waals surface area (Å²) < 4.78 is 0. The van der Waals surface area contributed by atoms with Crippen LogP contribution < -0.4 is 14.7 Å². The average Bonchev–Trinajstić information content (AvgIpc) is 1.55. The van der Waals surface area contributed by atoms with Crippen molar-refractivity contribution >= 4 is 127 Å². The van der Waals surface area contributed by atoms with Gasteiger partial charge in [-0.3, -0.25) is 0 Å². The van der Waals surface area contributed by atoms with E-state index in [9.17, 15) is 0 Å². The van der Waals surface area contributed by atoms with Gasteiger partial charge in [-0.2, -0.15) is 0 Å². The van der Waals surface area contributed by atoms with E-state index in [0.717, 1.165) is 51.2 Å². The highest BCUT2D eigenvalue weighted by molar-refractivity contribution is 6.20. The van der Waals surface area contributed by atoms with Gasteiger partial charge < -0.3 is 14.7 Å². The summed E-state index contributed by atoms with van der Waals surface area (Å²) in [7, 11) is 0. The Hall–Kier alpha value is -18.3. The minimum atomic E-state index is -0.217. The van der Waals surface area contributed by atoms with Crippen LogP contribution in [0.5, 0.6) is 0 Å². The van der Waals surface area contributed by atoms with Gasteiger partial charge in [-0.25, -0.2) is 0 Å². The molecular formula is C145H107N3. The summed E-state index contributed by atoms with van der Waals surface area (Å²) >= 11 is 0. The van der Waals surface area contributed by atoms with Crippen LogP contribution in [0.3, 0.4) is 0 Å². The van der Waals surface area contributed by atoms with Crippen LogP contribution in [0.15, 0.2) is 540 Å². The van der Waals surface area contributed by atoms with Crippen LogP contribution in [0.4, 0.5) is 51.2 Å². The van der Waals surface area contributed by atoms with Gasteiger partial charge >= 0.3 is 0 Å². The van der Waals surface area contributed by atoms with Gasteiger partial charge in [-0.15, -0.1) is 0 Å². The number of hydrogen-bond acceptors (Lipinski definition) is 3. The maximum Gasteiger partial charge on any atom is 0.0465 e. The maximum absolute atomic E-state index is 2.51. The Balaban J connectivity index is 0.000000112. The van der Waals surface area contributed by atoms with Crippen LogP contribution in [0.1, 0.15) is 74.9 Å². The Bertz CT molecular complexity index is 9430. The van der Waals surface area contributed by atoms with Crippen molar-refractivity contribution in [2.45, 2.75) is 57.8 Å². The highest BCUT2D eigenvalue weighted by Crippen LogP contribution is 2.60. The summed E-state index contributed by atoms with van der Waals surface area (Å²) in [6, 6.07) is 197. The van der Waals surface area contributed by atoms with E-state index in [1.165, 1.54) is 209 Å². The lowest BCUT2D eigenvalue weighted by Crippen LogP contribution is -2.16. The summed E-state index contributed by atoms with van der Waals surface area (Å²) in [5.74, 6) is 0. The molecule has 3 nitrogen and oxygen atoms in total. The molecule has 28 rings (SSSR count). The molecule has 0 aliphatic heterocycles. The lowest BCUT2D eigenvalue weighted by molar-refractivity contribution is 0.661. The second kappa shape index (κ2) is 36.8. The van der Waals surface area contributed by atoms with Gasteiger partial charge in [0.1, 0.15) is 0 Å². The van der Waals surface area contributed by atoms with Crippen molar-refractivity contribution in [3.05, 3.63) is 573 Å². The van der Waals surface area contributed by atoms with E-state index in [-0.39, 0.29) is 16.2 Å². The van der Waals surface area contributed by atoms with E-state index in [1.807, 2.05) is 0 Å². The summed E-state index contributed by atoms with van der Waals surface area (Å²) in [5.41, 5.74) is 41.0. The molecule has 0 N–H and O–H groups in total. The highest BCUT2D eigenvalue weighted by atomic mass is 15.2. The molecule has 0 aromatic heterocycles. The van der Waals surface area contributed by atoms with Gasteiger partial charge in [0.05, 0.1) is 0 Å². The van der Waals surface area contributed by atoms with E-state index in [4.69, 9.17) is 0 Å². The monoisotopic (exact) mass is 1890 g/mol. The lowest BCUT2D eigenvalue weighted by Gasteiger charge is -2.28. The van der Waals surface area contributed by atoms with Crippen LogP contribution in [0.25, 0.3) is 176 Å². The van der Waals surface area contributed by atoms with Crippen LogP contribution in [-0.4, -0.2) is 0 Å². The standard InChI is InChI=1S/C51H37N.2C47H35N/c1-51(2)48-32-39(52(37-18-7-4-8-19-37)38-27-25-35(26-28-38)34-15-5-3-6-16-34)29-30-45(48)50-44-24-14-13-23-43(44)47(33-49(50)51)46-31-36-17-9-10-20-40(36)41-21-11-12-22-42(41)46;1-47(2)44-30-37(48(35-18-7-4-8-19-35)36-26-24-33(25-27-36)32-14-5-3-6-15-32)28-29-42(44)46-41-22-12-11-21-40(41)43(31-45(46)47)39-23-13-17-34-16-9-10-20-38(34)39;1-47(2)44-30-39(48(37-17-7-4-8-18-37)38-25-23-34(24-26-38)32-13-5-3-6-14-32)27-28-42(44)46-41-20-12-11-19-40(41)43(31-45(46)47)36-22-21-33-15-9-10-16-35(33)29-36/h3-33H,1-2H3;2*3-31H,1-2H3. The molecule has 0 saturated heterocycles. The fourth-order valence-electron chi connectivity index (χ4n) is 24.3.